The molecule has 25 heavy (non-hydrogen) atoms. The van der Waals surface area contributed by atoms with Crippen molar-refractivity contribution in [3.8, 4) is 10.6 Å². The van der Waals surface area contributed by atoms with Gasteiger partial charge in [0.15, 0.2) is 0 Å². The Labute approximate surface area is 158 Å². The van der Waals surface area contributed by atoms with Crippen molar-refractivity contribution in [3.63, 3.8) is 0 Å². The Bertz CT molecular complexity index is 1010. The molecule has 0 fully saturated rings. The molecule has 0 atom stereocenters. The highest BCUT2D eigenvalue weighted by Gasteiger charge is 2.18. The second kappa shape index (κ2) is 7.13. The SMILES string of the molecule is Cc1nc(-c2csc(S(=O)(=O)NCc3ccc(F)c(Cl)c3)c2)sc1C. The molecule has 0 aliphatic heterocycles. The molecule has 0 radical (unpaired) electrons. The van der Waals surface area contributed by atoms with Gasteiger partial charge in [0, 0.05) is 22.4 Å². The summed E-state index contributed by atoms with van der Waals surface area (Å²) < 4.78 is 40.8. The molecule has 132 valence electrons. The van der Waals surface area contributed by atoms with Crippen LogP contribution in [0.2, 0.25) is 5.02 Å². The number of nitrogens with one attached hydrogen (secondary N) is 1. The average Bonchev–Trinajstić information content (AvgIpc) is 3.17. The number of sulfonamides is 1. The number of halogens is 2. The van der Waals surface area contributed by atoms with Crippen LogP contribution in [0.25, 0.3) is 10.6 Å². The minimum Gasteiger partial charge on any atom is -0.241 e. The number of aromatic nitrogens is 1. The Morgan fingerprint density at radius 2 is 2.04 bits per heavy atom. The first-order valence-electron chi connectivity index (χ1n) is 7.23. The van der Waals surface area contributed by atoms with Crippen molar-refractivity contribution in [3.05, 3.63) is 56.6 Å². The first kappa shape index (κ1) is 18.5. The van der Waals surface area contributed by atoms with Crippen LogP contribution in [0.3, 0.4) is 0 Å². The van der Waals surface area contributed by atoms with Gasteiger partial charge in [-0.25, -0.2) is 22.5 Å². The molecule has 2 aromatic heterocycles. The van der Waals surface area contributed by atoms with Crippen molar-refractivity contribution in [2.75, 3.05) is 0 Å². The van der Waals surface area contributed by atoms with Gasteiger partial charge in [-0.3, -0.25) is 0 Å². The minimum absolute atomic E-state index is 0.0328. The van der Waals surface area contributed by atoms with Gasteiger partial charge in [-0.05, 0) is 37.6 Å². The molecule has 0 aliphatic carbocycles. The summed E-state index contributed by atoms with van der Waals surface area (Å²) in [6.45, 7) is 3.94. The molecular formula is C16H14ClFN2O2S3. The van der Waals surface area contributed by atoms with E-state index in [0.717, 1.165) is 32.5 Å². The van der Waals surface area contributed by atoms with E-state index in [1.165, 1.54) is 29.5 Å². The van der Waals surface area contributed by atoms with Gasteiger partial charge in [0.1, 0.15) is 15.0 Å². The van der Waals surface area contributed by atoms with Crippen molar-refractivity contribution >= 4 is 44.3 Å². The quantitative estimate of drug-likeness (QED) is 0.652. The summed E-state index contributed by atoms with van der Waals surface area (Å²) in [7, 11) is -3.66. The summed E-state index contributed by atoms with van der Waals surface area (Å²) in [6, 6.07) is 5.72. The molecule has 2 heterocycles. The number of aryl methyl sites for hydroxylation is 2. The van der Waals surface area contributed by atoms with Crippen LogP contribution in [0, 0.1) is 19.7 Å². The molecule has 0 saturated heterocycles. The zero-order valence-corrected chi connectivity index (χ0v) is 16.5. The Morgan fingerprint density at radius 3 is 2.68 bits per heavy atom. The number of benzene rings is 1. The molecule has 0 spiro atoms. The van der Waals surface area contributed by atoms with E-state index in [0.29, 0.717) is 5.56 Å². The van der Waals surface area contributed by atoms with Gasteiger partial charge in [0.05, 0.1) is 10.7 Å². The van der Waals surface area contributed by atoms with E-state index in [2.05, 4.69) is 9.71 Å². The van der Waals surface area contributed by atoms with Gasteiger partial charge >= 0.3 is 0 Å². The van der Waals surface area contributed by atoms with Crippen molar-refractivity contribution in [1.29, 1.82) is 0 Å². The summed E-state index contributed by atoms with van der Waals surface area (Å²) >= 11 is 8.38. The summed E-state index contributed by atoms with van der Waals surface area (Å²) in [5, 5.41) is 2.55. The Balaban J connectivity index is 1.77. The van der Waals surface area contributed by atoms with Gasteiger partial charge < -0.3 is 0 Å². The van der Waals surface area contributed by atoms with E-state index in [1.807, 2.05) is 13.8 Å². The third-order valence-electron chi connectivity index (χ3n) is 3.57. The molecule has 0 unspecified atom stereocenters. The molecule has 0 saturated carbocycles. The van der Waals surface area contributed by atoms with Crippen LogP contribution in [-0.2, 0) is 16.6 Å². The fourth-order valence-corrected chi connectivity index (χ4v) is 5.47. The van der Waals surface area contributed by atoms with Crippen LogP contribution in [0.1, 0.15) is 16.1 Å². The van der Waals surface area contributed by atoms with Crippen LogP contribution in [0.4, 0.5) is 4.39 Å². The fraction of sp³-hybridized carbons (Fsp3) is 0.188. The lowest BCUT2D eigenvalue weighted by Gasteiger charge is -2.05. The van der Waals surface area contributed by atoms with E-state index in [1.54, 1.807) is 11.4 Å². The van der Waals surface area contributed by atoms with Crippen LogP contribution >= 0.6 is 34.3 Å². The molecule has 1 aromatic carbocycles. The predicted molar refractivity (Wildman–Crippen MR) is 100 cm³/mol. The maximum atomic E-state index is 13.2. The van der Waals surface area contributed by atoms with Gasteiger partial charge in [-0.15, -0.1) is 22.7 Å². The van der Waals surface area contributed by atoms with E-state index >= 15 is 0 Å². The highest BCUT2D eigenvalue weighted by atomic mass is 35.5. The van der Waals surface area contributed by atoms with E-state index < -0.39 is 15.8 Å². The smallest absolute Gasteiger partial charge is 0.241 e. The number of thiophene rings is 1. The molecule has 3 aromatic rings. The normalized spacial score (nSPS) is 11.8. The first-order chi connectivity index (χ1) is 11.8. The lowest BCUT2D eigenvalue weighted by Crippen LogP contribution is -2.22. The summed E-state index contributed by atoms with van der Waals surface area (Å²) in [6.07, 6.45) is 0. The molecule has 0 aliphatic rings. The van der Waals surface area contributed by atoms with Gasteiger partial charge in [-0.1, -0.05) is 17.7 Å². The van der Waals surface area contributed by atoms with Crippen LogP contribution in [0.15, 0.2) is 33.9 Å². The number of rotatable bonds is 5. The van der Waals surface area contributed by atoms with E-state index in [9.17, 15) is 12.8 Å². The van der Waals surface area contributed by atoms with Crippen LogP contribution in [0.5, 0.6) is 0 Å². The van der Waals surface area contributed by atoms with Gasteiger partial charge in [0.2, 0.25) is 10.0 Å². The third kappa shape index (κ3) is 4.09. The Kier molecular flexibility index (Phi) is 5.26. The van der Waals surface area contributed by atoms with Crippen LogP contribution in [-0.4, -0.2) is 13.4 Å². The Hall–Kier alpha value is -1.32. The third-order valence-corrected chi connectivity index (χ3v) is 7.82. The second-order valence-electron chi connectivity index (χ2n) is 5.39. The maximum Gasteiger partial charge on any atom is 0.250 e. The molecule has 3 rings (SSSR count). The fourth-order valence-electron chi connectivity index (χ4n) is 2.06. The first-order valence-corrected chi connectivity index (χ1v) is 10.8. The zero-order valence-electron chi connectivity index (χ0n) is 13.3. The highest BCUT2D eigenvalue weighted by molar-refractivity contribution is 7.91. The average molecular weight is 417 g/mol. The van der Waals surface area contributed by atoms with Crippen molar-refractivity contribution in [2.24, 2.45) is 0 Å². The van der Waals surface area contributed by atoms with Crippen molar-refractivity contribution in [1.82, 2.24) is 9.71 Å². The lowest BCUT2D eigenvalue weighted by atomic mass is 10.2. The topological polar surface area (TPSA) is 59.1 Å². The largest absolute Gasteiger partial charge is 0.250 e. The zero-order chi connectivity index (χ0) is 18.2. The monoisotopic (exact) mass is 416 g/mol. The number of hydrogen-bond donors (Lipinski definition) is 1. The highest BCUT2D eigenvalue weighted by Crippen LogP contribution is 2.32. The summed E-state index contributed by atoms with van der Waals surface area (Å²) in [5.74, 6) is -0.537. The molecule has 1 N–H and O–H groups in total. The predicted octanol–water partition coefficient (Wildman–Crippen LogP) is 4.76. The summed E-state index contributed by atoms with van der Waals surface area (Å²) in [5.41, 5.74) is 2.32. The number of nitrogens with zero attached hydrogens (tertiary/aromatic N) is 1. The van der Waals surface area contributed by atoms with Crippen molar-refractivity contribution < 1.29 is 12.8 Å². The Morgan fingerprint density at radius 1 is 1.28 bits per heavy atom. The standard InChI is InChI=1S/C16H14ClFN2O2S3/c1-9-10(2)24-16(20-9)12-6-15(23-8-12)25(21,22)19-7-11-3-4-14(18)13(17)5-11/h3-6,8,19H,7H2,1-2H3. The molecule has 9 heteroatoms. The van der Waals surface area contributed by atoms with E-state index in [4.69, 9.17) is 11.6 Å². The number of hydrogen-bond acceptors (Lipinski definition) is 5. The lowest BCUT2D eigenvalue weighted by molar-refractivity contribution is 0.583. The molecule has 4 nitrogen and oxygen atoms in total. The van der Waals surface area contributed by atoms with Crippen molar-refractivity contribution in [2.45, 2.75) is 24.6 Å². The second-order valence-corrected chi connectivity index (χ2v) is 9.90. The number of thiazole rings is 1. The van der Waals surface area contributed by atoms with E-state index in [-0.39, 0.29) is 15.8 Å². The molecule has 0 bridgehead atoms. The maximum absolute atomic E-state index is 13.2. The summed E-state index contributed by atoms with van der Waals surface area (Å²) in [4.78, 5) is 5.56. The van der Waals surface area contributed by atoms with Gasteiger partial charge in [0.25, 0.3) is 0 Å². The minimum atomic E-state index is -3.66. The molecular weight excluding hydrogens is 403 g/mol. The van der Waals surface area contributed by atoms with Crippen LogP contribution < -0.4 is 4.72 Å². The molecule has 0 amide bonds. The van der Waals surface area contributed by atoms with Gasteiger partial charge in [-0.2, -0.15) is 0 Å².